The number of anilines is 1. The van der Waals surface area contributed by atoms with E-state index in [4.69, 9.17) is 4.99 Å². The summed E-state index contributed by atoms with van der Waals surface area (Å²) < 4.78 is 0. The third-order valence-corrected chi connectivity index (χ3v) is 4.70. The summed E-state index contributed by atoms with van der Waals surface area (Å²) in [4.78, 5) is 7.31. The molecule has 1 aliphatic heterocycles. The Kier molecular flexibility index (Phi) is 7.72. The van der Waals surface area contributed by atoms with Gasteiger partial charge in [-0.15, -0.1) is 0 Å². The van der Waals surface area contributed by atoms with Crippen molar-refractivity contribution in [3.63, 3.8) is 0 Å². The molecule has 0 spiro atoms. The van der Waals surface area contributed by atoms with Crippen LogP contribution in [-0.4, -0.2) is 18.8 Å². The van der Waals surface area contributed by atoms with E-state index in [9.17, 15) is 0 Å². The molecule has 25 heavy (non-hydrogen) atoms. The summed E-state index contributed by atoms with van der Waals surface area (Å²) >= 11 is 0. The number of rotatable bonds is 7. The molecule has 0 radical (unpaired) electrons. The van der Waals surface area contributed by atoms with Crippen molar-refractivity contribution in [1.29, 1.82) is 0 Å². The predicted octanol–water partition coefficient (Wildman–Crippen LogP) is 6.41. The first kappa shape index (κ1) is 19.2. The maximum Gasteiger partial charge on any atom is 0.0662 e. The van der Waals surface area contributed by atoms with Gasteiger partial charge in [-0.25, -0.2) is 0 Å². The Hall–Kier alpha value is -2.09. The number of aliphatic imine (C=N–C) groups is 1. The Balaban J connectivity index is 2.10. The maximum absolute atomic E-state index is 4.85. The first-order valence-electron chi connectivity index (χ1n) is 9.56. The zero-order chi connectivity index (χ0) is 18.1. The van der Waals surface area contributed by atoms with Crippen molar-refractivity contribution in [3.8, 4) is 0 Å². The van der Waals surface area contributed by atoms with Crippen LogP contribution >= 0.6 is 0 Å². The average Bonchev–Trinajstić information content (AvgIpc) is 3.17. The first-order chi connectivity index (χ1) is 12.2. The molecule has 0 unspecified atom stereocenters. The monoisotopic (exact) mass is 336 g/mol. The minimum absolute atomic E-state index is 1.04. The van der Waals surface area contributed by atoms with Crippen LogP contribution in [0.25, 0.3) is 5.70 Å². The van der Waals surface area contributed by atoms with E-state index in [0.717, 1.165) is 17.8 Å². The molecule has 2 rings (SSSR count). The van der Waals surface area contributed by atoms with Gasteiger partial charge < -0.3 is 4.90 Å². The van der Waals surface area contributed by atoms with Crippen LogP contribution < -0.4 is 4.90 Å². The van der Waals surface area contributed by atoms with E-state index in [1.165, 1.54) is 49.2 Å². The molecule has 0 bridgehead atoms. The van der Waals surface area contributed by atoms with E-state index >= 15 is 0 Å². The minimum atomic E-state index is 1.04. The van der Waals surface area contributed by atoms with Gasteiger partial charge in [0.15, 0.2) is 0 Å². The second kappa shape index (κ2) is 10.0. The molecular weight excluding hydrogens is 304 g/mol. The quantitative estimate of drug-likeness (QED) is 0.415. The van der Waals surface area contributed by atoms with E-state index in [0.29, 0.717) is 0 Å². The predicted molar refractivity (Wildman–Crippen MR) is 112 cm³/mol. The fraction of sp³-hybridized carbons (Fsp3) is 0.435. The molecule has 1 heterocycles. The molecule has 0 N–H and O–H groups in total. The van der Waals surface area contributed by atoms with E-state index in [-0.39, 0.29) is 0 Å². The largest absolute Gasteiger partial charge is 0.372 e. The molecule has 0 amide bonds. The Bertz CT molecular complexity index is 654. The fourth-order valence-electron chi connectivity index (χ4n) is 2.98. The van der Waals surface area contributed by atoms with Gasteiger partial charge in [0, 0.05) is 24.5 Å². The lowest BCUT2D eigenvalue weighted by Gasteiger charge is -2.17. The number of allylic oxidation sites excluding steroid dienone is 5. The molecule has 1 aromatic carbocycles. The van der Waals surface area contributed by atoms with Gasteiger partial charge in [0.2, 0.25) is 0 Å². The summed E-state index contributed by atoms with van der Waals surface area (Å²) in [5, 5.41) is 0. The number of nitrogens with zero attached hydrogens (tertiary/aromatic N) is 2. The van der Waals surface area contributed by atoms with Crippen LogP contribution in [0.1, 0.15) is 58.9 Å². The second-order valence-electron chi connectivity index (χ2n) is 6.68. The maximum atomic E-state index is 4.85. The Labute approximate surface area is 153 Å². The molecule has 1 fully saturated rings. The Morgan fingerprint density at radius 3 is 2.40 bits per heavy atom. The van der Waals surface area contributed by atoms with E-state index < -0.39 is 0 Å². The summed E-state index contributed by atoms with van der Waals surface area (Å²) in [6, 6.07) is 8.84. The average molecular weight is 337 g/mol. The summed E-state index contributed by atoms with van der Waals surface area (Å²) in [5.74, 6) is 0. The van der Waals surface area contributed by atoms with Crippen LogP contribution in [0.4, 0.5) is 5.69 Å². The van der Waals surface area contributed by atoms with E-state index in [1.54, 1.807) is 0 Å². The Morgan fingerprint density at radius 1 is 1.12 bits per heavy atom. The van der Waals surface area contributed by atoms with Crippen LogP contribution in [0.2, 0.25) is 0 Å². The van der Waals surface area contributed by atoms with Crippen molar-refractivity contribution in [2.24, 2.45) is 4.99 Å². The normalized spacial score (nSPS) is 17.0. The lowest BCUT2D eigenvalue weighted by molar-refractivity contribution is 0.949. The number of hydrogen-bond acceptors (Lipinski definition) is 2. The topological polar surface area (TPSA) is 15.6 Å². The molecule has 0 saturated carbocycles. The summed E-state index contributed by atoms with van der Waals surface area (Å²) in [6.45, 7) is 10.8. The third kappa shape index (κ3) is 5.74. The van der Waals surface area contributed by atoms with Gasteiger partial charge in [0.25, 0.3) is 0 Å². The smallest absolute Gasteiger partial charge is 0.0662 e. The Morgan fingerprint density at radius 2 is 1.80 bits per heavy atom. The van der Waals surface area contributed by atoms with Crippen LogP contribution in [0, 0.1) is 0 Å². The molecule has 0 aromatic heterocycles. The van der Waals surface area contributed by atoms with Gasteiger partial charge >= 0.3 is 0 Å². The molecule has 2 heteroatoms. The molecule has 2 nitrogen and oxygen atoms in total. The highest BCUT2D eigenvalue weighted by molar-refractivity contribution is 6.01. The number of hydrogen-bond donors (Lipinski definition) is 0. The standard InChI is InChI=1S/C23H32N2/c1-5-7-8-9-12-19(3)20(4)24-23(6-2)21-13-15-22(16-14-21)25-17-10-11-18-25/h6,8-9,12-16H,5,7,10-11,17-18H2,1-4H3/b9-8-,19-12-,23-6-,24-20+. The number of benzene rings is 1. The molecule has 0 aliphatic carbocycles. The van der Waals surface area contributed by atoms with Gasteiger partial charge in [-0.2, -0.15) is 0 Å². The van der Waals surface area contributed by atoms with Crippen LogP contribution in [0.5, 0.6) is 0 Å². The molecule has 1 saturated heterocycles. The third-order valence-electron chi connectivity index (χ3n) is 4.70. The van der Waals surface area contributed by atoms with Gasteiger partial charge in [-0.3, -0.25) is 4.99 Å². The highest BCUT2D eigenvalue weighted by Crippen LogP contribution is 2.24. The molecule has 134 valence electrons. The fourth-order valence-corrected chi connectivity index (χ4v) is 2.98. The molecule has 1 aliphatic rings. The van der Waals surface area contributed by atoms with Crippen LogP contribution in [0.15, 0.2) is 59.1 Å². The minimum Gasteiger partial charge on any atom is -0.372 e. The van der Waals surface area contributed by atoms with E-state index in [2.05, 4.69) is 81.2 Å². The van der Waals surface area contributed by atoms with Gasteiger partial charge in [0.05, 0.1) is 5.70 Å². The summed E-state index contributed by atoms with van der Waals surface area (Å²) in [5.41, 5.74) is 5.82. The van der Waals surface area contributed by atoms with Crippen molar-refractivity contribution < 1.29 is 0 Å². The van der Waals surface area contributed by atoms with Crippen LogP contribution in [0.3, 0.4) is 0 Å². The lowest BCUT2D eigenvalue weighted by atomic mass is 10.1. The van der Waals surface area contributed by atoms with Crippen molar-refractivity contribution in [2.45, 2.75) is 53.4 Å². The van der Waals surface area contributed by atoms with Crippen LogP contribution in [-0.2, 0) is 0 Å². The molecule has 1 aromatic rings. The molecule has 0 atom stereocenters. The summed E-state index contributed by atoms with van der Waals surface area (Å²) in [7, 11) is 0. The molecular formula is C23H32N2. The van der Waals surface area contributed by atoms with Gasteiger partial charge in [-0.05, 0) is 63.3 Å². The van der Waals surface area contributed by atoms with Crippen molar-refractivity contribution >= 4 is 17.1 Å². The van der Waals surface area contributed by atoms with E-state index in [1.807, 2.05) is 0 Å². The van der Waals surface area contributed by atoms with Crippen molar-refractivity contribution in [1.82, 2.24) is 0 Å². The van der Waals surface area contributed by atoms with Crippen molar-refractivity contribution in [3.05, 3.63) is 59.7 Å². The van der Waals surface area contributed by atoms with Gasteiger partial charge in [-0.1, -0.05) is 49.8 Å². The highest BCUT2D eigenvalue weighted by atomic mass is 15.1. The highest BCUT2D eigenvalue weighted by Gasteiger charge is 2.12. The van der Waals surface area contributed by atoms with Crippen molar-refractivity contribution in [2.75, 3.05) is 18.0 Å². The lowest BCUT2D eigenvalue weighted by Crippen LogP contribution is -2.17. The summed E-state index contributed by atoms with van der Waals surface area (Å²) in [6.07, 6.45) is 13.5. The van der Waals surface area contributed by atoms with Gasteiger partial charge in [0.1, 0.15) is 0 Å². The zero-order valence-electron chi connectivity index (χ0n) is 16.3. The second-order valence-corrected chi connectivity index (χ2v) is 6.68. The first-order valence-corrected chi connectivity index (χ1v) is 9.56. The SMILES string of the molecule is C\C=C(/N=C(C)/C(C)=C\C=C/CCC)c1ccc(N2CCCC2)cc1. The number of unbranched alkanes of at least 4 members (excludes halogenated alkanes) is 1. The zero-order valence-corrected chi connectivity index (χ0v) is 16.3.